The van der Waals surface area contributed by atoms with E-state index in [1.54, 1.807) is 4.90 Å². The van der Waals surface area contributed by atoms with Gasteiger partial charge in [-0.2, -0.15) is 0 Å². The van der Waals surface area contributed by atoms with Crippen molar-refractivity contribution in [1.82, 2.24) is 10.2 Å². The SMILES string of the molecule is CCNC1CCC(C(C)C)CC1CN(C)CC(F)F. The van der Waals surface area contributed by atoms with Crippen LogP contribution in [0.5, 0.6) is 0 Å². The van der Waals surface area contributed by atoms with Gasteiger partial charge < -0.3 is 10.2 Å². The number of nitrogens with one attached hydrogen (secondary N) is 1. The Balaban J connectivity index is 2.55. The fourth-order valence-electron chi connectivity index (χ4n) is 3.35. The van der Waals surface area contributed by atoms with Gasteiger partial charge in [-0.1, -0.05) is 20.8 Å². The molecule has 1 saturated carbocycles. The first-order valence-corrected chi connectivity index (χ1v) is 7.64. The third-order valence-corrected chi connectivity index (χ3v) is 4.43. The first-order valence-electron chi connectivity index (χ1n) is 7.64. The third-order valence-electron chi connectivity index (χ3n) is 4.43. The highest BCUT2D eigenvalue weighted by Crippen LogP contribution is 2.34. The molecule has 1 fully saturated rings. The van der Waals surface area contributed by atoms with E-state index in [1.165, 1.54) is 19.3 Å². The number of hydrogen-bond acceptors (Lipinski definition) is 2. The van der Waals surface area contributed by atoms with Crippen LogP contribution >= 0.6 is 0 Å². The minimum absolute atomic E-state index is 0.109. The van der Waals surface area contributed by atoms with Gasteiger partial charge in [0.05, 0.1) is 6.54 Å². The number of alkyl halides is 2. The standard InChI is InChI=1S/C15H30F2N2/c1-5-18-14-7-6-12(11(2)3)8-13(14)9-19(4)10-15(16)17/h11-15,18H,5-10H2,1-4H3. The van der Waals surface area contributed by atoms with Crippen molar-refractivity contribution < 1.29 is 8.78 Å². The van der Waals surface area contributed by atoms with Crippen LogP contribution in [-0.4, -0.2) is 44.0 Å². The Morgan fingerprint density at radius 2 is 1.95 bits per heavy atom. The average molecular weight is 276 g/mol. The fraction of sp³-hybridized carbons (Fsp3) is 1.00. The number of nitrogens with zero attached hydrogens (tertiary/aromatic N) is 1. The molecule has 3 unspecified atom stereocenters. The number of halogens is 2. The lowest BCUT2D eigenvalue weighted by Crippen LogP contribution is -2.46. The van der Waals surface area contributed by atoms with Crippen LogP contribution in [0.3, 0.4) is 0 Å². The van der Waals surface area contributed by atoms with Crippen LogP contribution in [0, 0.1) is 17.8 Å². The molecule has 0 saturated heterocycles. The van der Waals surface area contributed by atoms with E-state index in [-0.39, 0.29) is 6.54 Å². The second-order valence-corrected chi connectivity index (χ2v) is 6.35. The van der Waals surface area contributed by atoms with Crippen molar-refractivity contribution in [2.45, 2.75) is 52.5 Å². The molecular formula is C15H30F2N2. The van der Waals surface area contributed by atoms with Crippen LogP contribution in [0.2, 0.25) is 0 Å². The molecule has 4 heteroatoms. The summed E-state index contributed by atoms with van der Waals surface area (Å²) < 4.78 is 24.9. The molecule has 0 amide bonds. The van der Waals surface area contributed by atoms with Crippen molar-refractivity contribution in [3.63, 3.8) is 0 Å². The van der Waals surface area contributed by atoms with Crippen molar-refractivity contribution >= 4 is 0 Å². The molecule has 1 N–H and O–H groups in total. The number of hydrogen-bond donors (Lipinski definition) is 1. The largest absolute Gasteiger partial charge is 0.314 e. The van der Waals surface area contributed by atoms with Gasteiger partial charge in [-0.3, -0.25) is 0 Å². The molecule has 0 aromatic rings. The average Bonchev–Trinajstić information content (AvgIpc) is 2.30. The van der Waals surface area contributed by atoms with Gasteiger partial charge in [0.1, 0.15) is 0 Å². The Bertz CT molecular complexity index is 246. The van der Waals surface area contributed by atoms with E-state index in [2.05, 4.69) is 26.1 Å². The van der Waals surface area contributed by atoms with E-state index in [4.69, 9.17) is 0 Å². The molecule has 2 nitrogen and oxygen atoms in total. The lowest BCUT2D eigenvalue weighted by atomic mass is 9.73. The zero-order valence-corrected chi connectivity index (χ0v) is 12.8. The van der Waals surface area contributed by atoms with Gasteiger partial charge in [-0.15, -0.1) is 0 Å². The monoisotopic (exact) mass is 276 g/mol. The van der Waals surface area contributed by atoms with Gasteiger partial charge in [0.15, 0.2) is 0 Å². The Morgan fingerprint density at radius 1 is 1.26 bits per heavy atom. The maximum absolute atomic E-state index is 12.4. The van der Waals surface area contributed by atoms with E-state index in [0.717, 1.165) is 19.0 Å². The topological polar surface area (TPSA) is 15.3 Å². The predicted molar refractivity (Wildman–Crippen MR) is 76.6 cm³/mol. The van der Waals surface area contributed by atoms with Crippen LogP contribution in [-0.2, 0) is 0 Å². The van der Waals surface area contributed by atoms with Crippen molar-refractivity contribution in [2.24, 2.45) is 17.8 Å². The van der Waals surface area contributed by atoms with Crippen molar-refractivity contribution in [3.8, 4) is 0 Å². The zero-order chi connectivity index (χ0) is 14.4. The summed E-state index contributed by atoms with van der Waals surface area (Å²) in [6.07, 6.45) is 1.39. The lowest BCUT2D eigenvalue weighted by Gasteiger charge is -2.40. The van der Waals surface area contributed by atoms with E-state index in [9.17, 15) is 8.78 Å². The van der Waals surface area contributed by atoms with Crippen LogP contribution in [0.25, 0.3) is 0 Å². The van der Waals surface area contributed by atoms with Gasteiger partial charge in [-0.25, -0.2) is 8.78 Å². The maximum Gasteiger partial charge on any atom is 0.251 e. The normalized spacial score (nSPS) is 28.6. The minimum Gasteiger partial charge on any atom is -0.314 e. The van der Waals surface area contributed by atoms with Gasteiger partial charge >= 0.3 is 0 Å². The second kappa shape index (κ2) is 8.15. The summed E-state index contributed by atoms with van der Waals surface area (Å²) in [7, 11) is 1.81. The van der Waals surface area contributed by atoms with Gasteiger partial charge in [0.2, 0.25) is 0 Å². The highest BCUT2D eigenvalue weighted by Gasteiger charge is 2.32. The molecule has 0 spiro atoms. The van der Waals surface area contributed by atoms with Crippen LogP contribution in [0.4, 0.5) is 8.78 Å². The summed E-state index contributed by atoms with van der Waals surface area (Å²) in [6, 6.07) is 0.500. The molecule has 0 aromatic carbocycles. The van der Waals surface area contributed by atoms with E-state index in [0.29, 0.717) is 17.9 Å². The minimum atomic E-state index is -2.23. The molecular weight excluding hydrogens is 246 g/mol. The molecule has 0 aliphatic heterocycles. The summed E-state index contributed by atoms with van der Waals surface area (Å²) in [4.78, 5) is 1.79. The first kappa shape index (κ1) is 16.8. The zero-order valence-electron chi connectivity index (χ0n) is 12.8. The van der Waals surface area contributed by atoms with Crippen molar-refractivity contribution in [2.75, 3.05) is 26.7 Å². The Kier molecular flexibility index (Phi) is 7.22. The van der Waals surface area contributed by atoms with Gasteiger partial charge in [0.25, 0.3) is 6.43 Å². The van der Waals surface area contributed by atoms with E-state index >= 15 is 0 Å². The molecule has 3 atom stereocenters. The summed E-state index contributed by atoms with van der Waals surface area (Å²) in [5.74, 6) is 1.95. The smallest absolute Gasteiger partial charge is 0.251 e. The van der Waals surface area contributed by atoms with Crippen molar-refractivity contribution in [1.29, 1.82) is 0 Å². The Hall–Kier alpha value is -0.220. The molecule has 0 radical (unpaired) electrons. The van der Waals surface area contributed by atoms with Gasteiger partial charge in [0, 0.05) is 12.6 Å². The molecule has 114 valence electrons. The second-order valence-electron chi connectivity index (χ2n) is 6.35. The lowest BCUT2D eigenvalue weighted by molar-refractivity contribution is 0.0744. The molecule has 0 aromatic heterocycles. The molecule has 19 heavy (non-hydrogen) atoms. The summed E-state index contributed by atoms with van der Waals surface area (Å²) in [5.41, 5.74) is 0. The molecule has 0 heterocycles. The molecule has 1 rings (SSSR count). The molecule has 1 aliphatic carbocycles. The quantitative estimate of drug-likeness (QED) is 0.768. The fourth-order valence-corrected chi connectivity index (χ4v) is 3.35. The Labute approximate surface area is 116 Å². The Morgan fingerprint density at radius 3 is 2.47 bits per heavy atom. The summed E-state index contributed by atoms with van der Waals surface area (Å²) in [6.45, 7) is 8.31. The van der Waals surface area contributed by atoms with E-state index < -0.39 is 6.43 Å². The summed E-state index contributed by atoms with van der Waals surface area (Å²) in [5, 5.41) is 3.54. The first-order chi connectivity index (χ1) is 8.93. The van der Waals surface area contributed by atoms with Gasteiger partial charge in [-0.05, 0) is 50.6 Å². The van der Waals surface area contributed by atoms with E-state index in [1.807, 2.05) is 7.05 Å². The van der Waals surface area contributed by atoms with Crippen LogP contribution < -0.4 is 5.32 Å². The predicted octanol–water partition coefficient (Wildman–Crippen LogP) is 3.23. The van der Waals surface area contributed by atoms with Crippen LogP contribution in [0.1, 0.15) is 40.0 Å². The van der Waals surface area contributed by atoms with Crippen LogP contribution in [0.15, 0.2) is 0 Å². The number of rotatable bonds is 7. The highest BCUT2D eigenvalue weighted by molar-refractivity contribution is 4.87. The highest BCUT2D eigenvalue weighted by atomic mass is 19.3. The maximum atomic E-state index is 12.4. The molecule has 0 bridgehead atoms. The third kappa shape index (κ3) is 5.74. The summed E-state index contributed by atoms with van der Waals surface area (Å²) >= 11 is 0. The molecule has 1 aliphatic rings. The van der Waals surface area contributed by atoms with Crippen molar-refractivity contribution in [3.05, 3.63) is 0 Å².